The highest BCUT2D eigenvalue weighted by Gasteiger charge is 2.05. The summed E-state index contributed by atoms with van der Waals surface area (Å²) in [7, 11) is 0. The van der Waals surface area contributed by atoms with E-state index in [2.05, 4.69) is 0 Å². The molecule has 1 rings (SSSR count). The van der Waals surface area contributed by atoms with E-state index in [0.29, 0.717) is 18.6 Å². The fourth-order valence-corrected chi connectivity index (χ4v) is 1.36. The molecule has 0 saturated carbocycles. The minimum absolute atomic E-state index is 0.0418. The zero-order valence-corrected chi connectivity index (χ0v) is 9.54. The fourth-order valence-electron chi connectivity index (χ4n) is 1.36. The Morgan fingerprint density at radius 2 is 1.94 bits per heavy atom. The van der Waals surface area contributed by atoms with E-state index < -0.39 is 0 Å². The predicted molar refractivity (Wildman–Crippen MR) is 61.1 cm³/mol. The van der Waals surface area contributed by atoms with Crippen molar-refractivity contribution in [2.75, 3.05) is 13.2 Å². The Hall–Kier alpha value is -1.22. The van der Waals surface area contributed by atoms with Gasteiger partial charge in [0.15, 0.2) is 5.78 Å². The monoisotopic (exact) mass is 224 g/mol. The number of ether oxygens (including phenoxy) is 1. The number of halogens is 1. The summed E-state index contributed by atoms with van der Waals surface area (Å²) in [5.74, 6) is -0.275. The molecule has 0 N–H and O–H groups in total. The lowest BCUT2D eigenvalue weighted by atomic mass is 10.1. The van der Waals surface area contributed by atoms with E-state index in [4.69, 9.17) is 4.74 Å². The van der Waals surface area contributed by atoms with E-state index in [1.54, 1.807) is 0 Å². The van der Waals surface area contributed by atoms with Gasteiger partial charge in [-0.2, -0.15) is 0 Å². The first-order chi connectivity index (χ1) is 7.74. The van der Waals surface area contributed by atoms with Crippen LogP contribution < -0.4 is 0 Å². The van der Waals surface area contributed by atoms with E-state index >= 15 is 0 Å². The fraction of sp³-hybridized carbons (Fsp3) is 0.462. The SMILES string of the molecule is CCCOCCCC(=O)c1ccc(F)cc1. The van der Waals surface area contributed by atoms with Gasteiger partial charge in [0.05, 0.1) is 0 Å². The summed E-state index contributed by atoms with van der Waals surface area (Å²) in [4.78, 5) is 11.6. The number of rotatable bonds is 7. The molecule has 88 valence electrons. The molecule has 0 atom stereocenters. The number of hydrogen-bond acceptors (Lipinski definition) is 2. The van der Waals surface area contributed by atoms with E-state index in [-0.39, 0.29) is 11.6 Å². The van der Waals surface area contributed by atoms with Gasteiger partial charge in [-0.3, -0.25) is 4.79 Å². The van der Waals surface area contributed by atoms with Gasteiger partial charge >= 0.3 is 0 Å². The Morgan fingerprint density at radius 1 is 1.25 bits per heavy atom. The highest BCUT2D eigenvalue weighted by atomic mass is 19.1. The molecule has 3 heteroatoms. The molecule has 0 aliphatic heterocycles. The lowest BCUT2D eigenvalue weighted by molar-refractivity contribution is 0.0938. The minimum atomic E-state index is -0.317. The molecule has 1 aromatic carbocycles. The lowest BCUT2D eigenvalue weighted by Crippen LogP contribution is -2.02. The molecular weight excluding hydrogens is 207 g/mol. The van der Waals surface area contributed by atoms with E-state index in [1.165, 1.54) is 24.3 Å². The Morgan fingerprint density at radius 3 is 2.56 bits per heavy atom. The van der Waals surface area contributed by atoms with Gasteiger partial charge in [0, 0.05) is 25.2 Å². The van der Waals surface area contributed by atoms with Crippen LogP contribution in [0.15, 0.2) is 24.3 Å². The van der Waals surface area contributed by atoms with Crippen LogP contribution in [0.2, 0.25) is 0 Å². The number of ketones is 1. The molecule has 0 fully saturated rings. The highest BCUT2D eigenvalue weighted by Crippen LogP contribution is 2.07. The molecule has 0 unspecified atom stereocenters. The molecule has 1 aromatic rings. The summed E-state index contributed by atoms with van der Waals surface area (Å²) in [5, 5.41) is 0. The van der Waals surface area contributed by atoms with Gasteiger partial charge in [-0.25, -0.2) is 4.39 Å². The molecule has 0 bridgehead atoms. The largest absolute Gasteiger partial charge is 0.381 e. The summed E-state index contributed by atoms with van der Waals surface area (Å²) in [6.45, 7) is 3.40. The normalized spacial score (nSPS) is 10.4. The van der Waals surface area contributed by atoms with Crippen LogP contribution in [0.1, 0.15) is 36.5 Å². The number of Topliss-reactive ketones (excluding diaryl/α,β-unsaturated/α-hetero) is 1. The van der Waals surface area contributed by atoms with Crippen molar-refractivity contribution in [2.24, 2.45) is 0 Å². The Bertz CT molecular complexity index is 319. The van der Waals surface area contributed by atoms with Crippen LogP contribution in [0.5, 0.6) is 0 Å². The Labute approximate surface area is 95.4 Å². The number of carbonyl (C=O) groups is 1. The molecule has 0 heterocycles. The summed E-state index contributed by atoms with van der Waals surface area (Å²) in [5.41, 5.74) is 0.567. The van der Waals surface area contributed by atoms with Crippen molar-refractivity contribution in [1.29, 1.82) is 0 Å². The number of benzene rings is 1. The van der Waals surface area contributed by atoms with Crippen molar-refractivity contribution in [2.45, 2.75) is 26.2 Å². The average molecular weight is 224 g/mol. The van der Waals surface area contributed by atoms with Crippen LogP contribution in [0.25, 0.3) is 0 Å². The third kappa shape index (κ3) is 4.53. The standard InChI is InChI=1S/C13H17FO2/c1-2-9-16-10-3-4-13(15)11-5-7-12(14)8-6-11/h5-8H,2-4,9-10H2,1H3. The van der Waals surface area contributed by atoms with Crippen LogP contribution in [0, 0.1) is 5.82 Å². The Balaban J connectivity index is 2.27. The first kappa shape index (κ1) is 12.8. The van der Waals surface area contributed by atoms with Gasteiger partial charge in [-0.05, 0) is 37.1 Å². The topological polar surface area (TPSA) is 26.3 Å². The molecule has 0 radical (unpaired) electrons. The second-order valence-corrected chi connectivity index (χ2v) is 3.65. The van der Waals surface area contributed by atoms with E-state index in [0.717, 1.165) is 19.4 Å². The van der Waals surface area contributed by atoms with Crippen molar-refractivity contribution in [3.63, 3.8) is 0 Å². The van der Waals surface area contributed by atoms with Crippen molar-refractivity contribution in [3.8, 4) is 0 Å². The smallest absolute Gasteiger partial charge is 0.162 e. The van der Waals surface area contributed by atoms with E-state index in [9.17, 15) is 9.18 Å². The maximum Gasteiger partial charge on any atom is 0.162 e. The van der Waals surface area contributed by atoms with Gasteiger partial charge < -0.3 is 4.74 Å². The molecule has 0 saturated heterocycles. The second kappa shape index (κ2) is 7.12. The maximum atomic E-state index is 12.6. The molecule has 0 spiro atoms. The van der Waals surface area contributed by atoms with Gasteiger partial charge in [-0.1, -0.05) is 6.92 Å². The summed E-state index contributed by atoms with van der Waals surface area (Å²) in [6.07, 6.45) is 2.16. The number of hydrogen-bond donors (Lipinski definition) is 0. The first-order valence-electron chi connectivity index (χ1n) is 5.60. The van der Waals surface area contributed by atoms with Gasteiger partial charge in [-0.15, -0.1) is 0 Å². The quantitative estimate of drug-likeness (QED) is 0.525. The zero-order valence-electron chi connectivity index (χ0n) is 9.54. The lowest BCUT2D eigenvalue weighted by Gasteiger charge is -2.02. The van der Waals surface area contributed by atoms with Crippen LogP contribution in [-0.2, 0) is 4.74 Å². The summed E-state index contributed by atoms with van der Waals surface area (Å²) >= 11 is 0. The predicted octanol–water partition coefficient (Wildman–Crippen LogP) is 3.22. The molecule has 0 aliphatic carbocycles. The Kier molecular flexibility index (Phi) is 5.72. The molecule has 2 nitrogen and oxygen atoms in total. The second-order valence-electron chi connectivity index (χ2n) is 3.65. The van der Waals surface area contributed by atoms with Crippen LogP contribution in [-0.4, -0.2) is 19.0 Å². The van der Waals surface area contributed by atoms with Crippen molar-refractivity contribution in [1.82, 2.24) is 0 Å². The van der Waals surface area contributed by atoms with Gasteiger partial charge in [0.25, 0.3) is 0 Å². The average Bonchev–Trinajstić information content (AvgIpc) is 2.29. The minimum Gasteiger partial charge on any atom is -0.381 e. The van der Waals surface area contributed by atoms with Crippen molar-refractivity contribution >= 4 is 5.78 Å². The van der Waals surface area contributed by atoms with E-state index in [1.807, 2.05) is 6.92 Å². The van der Waals surface area contributed by atoms with Crippen molar-refractivity contribution < 1.29 is 13.9 Å². The van der Waals surface area contributed by atoms with Crippen LogP contribution >= 0.6 is 0 Å². The number of carbonyl (C=O) groups excluding carboxylic acids is 1. The molecule has 0 amide bonds. The van der Waals surface area contributed by atoms with Crippen LogP contribution in [0.4, 0.5) is 4.39 Å². The molecule has 0 aromatic heterocycles. The van der Waals surface area contributed by atoms with Crippen LogP contribution in [0.3, 0.4) is 0 Å². The third-order valence-electron chi connectivity index (χ3n) is 2.21. The van der Waals surface area contributed by atoms with Gasteiger partial charge in [0.2, 0.25) is 0 Å². The van der Waals surface area contributed by atoms with Gasteiger partial charge in [0.1, 0.15) is 5.82 Å². The zero-order chi connectivity index (χ0) is 11.8. The summed E-state index contributed by atoms with van der Waals surface area (Å²) < 4.78 is 17.9. The molecule has 16 heavy (non-hydrogen) atoms. The third-order valence-corrected chi connectivity index (χ3v) is 2.21. The highest BCUT2D eigenvalue weighted by molar-refractivity contribution is 5.95. The molecule has 0 aliphatic rings. The summed E-state index contributed by atoms with van der Waals surface area (Å²) in [6, 6.07) is 5.65. The molecular formula is C13H17FO2. The first-order valence-corrected chi connectivity index (χ1v) is 5.60. The van der Waals surface area contributed by atoms with Crippen molar-refractivity contribution in [3.05, 3.63) is 35.6 Å². The maximum absolute atomic E-state index is 12.6.